The van der Waals surface area contributed by atoms with Gasteiger partial charge in [0, 0.05) is 0 Å². The van der Waals surface area contributed by atoms with E-state index in [1.54, 1.807) is 12.1 Å². The molecule has 0 unspecified atom stereocenters. The van der Waals surface area contributed by atoms with Gasteiger partial charge in [-0.2, -0.15) is 0 Å². The molecule has 0 atom stereocenters. The van der Waals surface area contributed by atoms with Crippen LogP contribution in [0.1, 0.15) is 5.56 Å². The van der Waals surface area contributed by atoms with E-state index in [1.165, 1.54) is 12.2 Å². The van der Waals surface area contributed by atoms with Crippen molar-refractivity contribution in [3.05, 3.63) is 42.0 Å². The second kappa shape index (κ2) is 5.03. The topological polar surface area (TPSA) is 74.6 Å². The van der Waals surface area contributed by atoms with Crippen LogP contribution < -0.4 is 0 Å². The van der Waals surface area contributed by atoms with Gasteiger partial charge in [-0.3, -0.25) is 9.36 Å². The van der Waals surface area contributed by atoms with E-state index in [0.717, 1.165) is 5.56 Å². The fourth-order valence-corrected chi connectivity index (χ4v) is 1.52. The largest absolute Gasteiger partial charge is 0.333 e. The van der Waals surface area contributed by atoms with Crippen LogP contribution in [0, 0.1) is 0 Å². The number of hydrogen-bond acceptors (Lipinski definition) is 2. The second-order valence-corrected chi connectivity index (χ2v) is 4.68. The molecule has 0 amide bonds. The van der Waals surface area contributed by atoms with Crippen molar-refractivity contribution in [1.82, 2.24) is 0 Å². The Morgan fingerprint density at radius 3 is 2.40 bits per heavy atom. The summed E-state index contributed by atoms with van der Waals surface area (Å²) in [5, 5.41) is 0. The fourth-order valence-electron chi connectivity index (χ4n) is 1.01. The third kappa shape index (κ3) is 5.27. The molecule has 5 heteroatoms. The molecule has 0 aliphatic carbocycles. The minimum Gasteiger partial charge on any atom is -0.324 e. The quantitative estimate of drug-likeness (QED) is 0.601. The third-order valence-corrected chi connectivity index (χ3v) is 2.35. The van der Waals surface area contributed by atoms with Crippen LogP contribution in [0.2, 0.25) is 0 Å². The lowest BCUT2D eigenvalue weighted by Crippen LogP contribution is -2.00. The van der Waals surface area contributed by atoms with Crippen molar-refractivity contribution in [2.45, 2.75) is 0 Å². The van der Waals surface area contributed by atoms with Crippen molar-refractivity contribution in [3.8, 4) is 0 Å². The number of ketones is 1. The van der Waals surface area contributed by atoms with Gasteiger partial charge in [-0.1, -0.05) is 36.4 Å². The standard InChI is InChI=1S/C10H11O4P/c11-10(8-15(12,13)14)7-6-9-4-2-1-3-5-9/h1-7H,8H2,(H2,12,13,14). The molecule has 0 aromatic heterocycles. The van der Waals surface area contributed by atoms with Crippen LogP contribution in [0.5, 0.6) is 0 Å². The molecule has 0 heterocycles. The van der Waals surface area contributed by atoms with Crippen LogP contribution in [0.15, 0.2) is 36.4 Å². The maximum absolute atomic E-state index is 11.1. The van der Waals surface area contributed by atoms with Gasteiger partial charge in [0.2, 0.25) is 0 Å². The molecule has 2 N–H and O–H groups in total. The van der Waals surface area contributed by atoms with Crippen LogP contribution in [0.3, 0.4) is 0 Å². The zero-order chi connectivity index (χ0) is 11.3. The normalized spacial score (nSPS) is 11.9. The summed E-state index contributed by atoms with van der Waals surface area (Å²) in [7, 11) is -4.24. The smallest absolute Gasteiger partial charge is 0.324 e. The molecule has 0 saturated carbocycles. The summed E-state index contributed by atoms with van der Waals surface area (Å²) in [6.45, 7) is 0. The number of carbonyl (C=O) groups excluding carboxylic acids is 1. The highest BCUT2D eigenvalue weighted by Gasteiger charge is 2.16. The molecule has 1 rings (SSSR count). The average Bonchev–Trinajstić information content (AvgIpc) is 2.14. The lowest BCUT2D eigenvalue weighted by molar-refractivity contribution is -0.112. The van der Waals surface area contributed by atoms with E-state index in [2.05, 4.69) is 0 Å². The van der Waals surface area contributed by atoms with Crippen molar-refractivity contribution in [1.29, 1.82) is 0 Å². The monoisotopic (exact) mass is 226 g/mol. The van der Waals surface area contributed by atoms with Crippen molar-refractivity contribution >= 4 is 19.5 Å². The molecule has 0 fully saturated rings. The Labute approximate surface area is 87.4 Å². The Hall–Kier alpha value is -1.22. The van der Waals surface area contributed by atoms with Gasteiger partial charge in [0.1, 0.15) is 6.16 Å². The zero-order valence-electron chi connectivity index (χ0n) is 7.91. The highest BCUT2D eigenvalue weighted by molar-refractivity contribution is 7.52. The van der Waals surface area contributed by atoms with Crippen molar-refractivity contribution in [2.75, 3.05) is 6.16 Å². The van der Waals surface area contributed by atoms with E-state index in [9.17, 15) is 9.36 Å². The first-order valence-electron chi connectivity index (χ1n) is 4.28. The summed E-state index contributed by atoms with van der Waals surface area (Å²) in [5.74, 6) is -0.577. The van der Waals surface area contributed by atoms with Crippen LogP contribution >= 0.6 is 7.60 Å². The van der Waals surface area contributed by atoms with E-state index in [0.29, 0.717) is 0 Å². The molecule has 0 saturated heterocycles. The highest BCUT2D eigenvalue weighted by atomic mass is 31.2. The minimum atomic E-state index is -4.24. The van der Waals surface area contributed by atoms with Crippen LogP contribution in [-0.4, -0.2) is 21.7 Å². The number of rotatable bonds is 4. The second-order valence-electron chi connectivity index (χ2n) is 3.03. The van der Waals surface area contributed by atoms with E-state index in [1.807, 2.05) is 18.2 Å². The van der Waals surface area contributed by atoms with Gasteiger partial charge in [0.25, 0.3) is 0 Å². The molecule has 1 aromatic carbocycles. The van der Waals surface area contributed by atoms with Gasteiger partial charge in [-0.15, -0.1) is 0 Å². The lowest BCUT2D eigenvalue weighted by atomic mass is 10.2. The predicted octanol–water partition coefficient (Wildman–Crippen LogP) is 1.45. The molecule has 4 nitrogen and oxygen atoms in total. The Morgan fingerprint density at radius 1 is 1.27 bits per heavy atom. The fraction of sp³-hybridized carbons (Fsp3) is 0.100. The van der Waals surface area contributed by atoms with Gasteiger partial charge >= 0.3 is 7.60 Å². The van der Waals surface area contributed by atoms with Crippen molar-refractivity contribution in [2.24, 2.45) is 0 Å². The summed E-state index contributed by atoms with van der Waals surface area (Å²) in [6.07, 6.45) is 1.96. The first kappa shape index (κ1) is 11.9. The SMILES string of the molecule is O=C(C=Cc1ccccc1)CP(=O)(O)O. The first-order chi connectivity index (χ1) is 6.97. The molecule has 1 aromatic rings. The van der Waals surface area contributed by atoms with Gasteiger partial charge in [-0.05, 0) is 11.6 Å². The number of hydrogen-bond donors (Lipinski definition) is 2. The molecule has 0 bridgehead atoms. The summed E-state index contributed by atoms with van der Waals surface area (Å²) >= 11 is 0. The molecular formula is C10H11O4P. The van der Waals surface area contributed by atoms with Gasteiger partial charge in [0.15, 0.2) is 5.78 Å². The molecule has 0 spiro atoms. The van der Waals surface area contributed by atoms with Crippen LogP contribution in [0.25, 0.3) is 6.08 Å². The van der Waals surface area contributed by atoms with Gasteiger partial charge < -0.3 is 9.79 Å². The Bertz CT molecular complexity index is 405. The molecule has 0 aliphatic rings. The maximum atomic E-state index is 11.1. The maximum Gasteiger partial charge on any atom is 0.333 e. The summed E-state index contributed by atoms with van der Waals surface area (Å²) in [5.41, 5.74) is 0.816. The van der Waals surface area contributed by atoms with Crippen molar-refractivity contribution < 1.29 is 19.1 Å². The van der Waals surface area contributed by atoms with E-state index < -0.39 is 19.5 Å². The number of benzene rings is 1. The molecule has 80 valence electrons. The summed E-state index contributed by atoms with van der Waals surface area (Å²) in [6, 6.07) is 9.05. The van der Waals surface area contributed by atoms with E-state index in [-0.39, 0.29) is 0 Å². The molecule has 15 heavy (non-hydrogen) atoms. The minimum absolute atomic E-state index is 0.577. The van der Waals surface area contributed by atoms with Crippen LogP contribution in [0.4, 0.5) is 0 Å². The molecule has 0 radical (unpaired) electrons. The Balaban J connectivity index is 2.60. The zero-order valence-corrected chi connectivity index (χ0v) is 8.80. The van der Waals surface area contributed by atoms with Crippen molar-refractivity contribution in [3.63, 3.8) is 0 Å². The first-order valence-corrected chi connectivity index (χ1v) is 6.08. The van der Waals surface area contributed by atoms with E-state index in [4.69, 9.17) is 9.79 Å². The number of carbonyl (C=O) groups is 1. The lowest BCUT2D eigenvalue weighted by Gasteiger charge is -1.98. The highest BCUT2D eigenvalue weighted by Crippen LogP contribution is 2.33. The summed E-state index contributed by atoms with van der Waals surface area (Å²) in [4.78, 5) is 28.1. The summed E-state index contributed by atoms with van der Waals surface area (Å²) < 4.78 is 10.5. The Kier molecular flexibility index (Phi) is 3.97. The van der Waals surface area contributed by atoms with Gasteiger partial charge in [0.05, 0.1) is 0 Å². The molecule has 0 aliphatic heterocycles. The Morgan fingerprint density at radius 2 is 1.87 bits per heavy atom. The third-order valence-electron chi connectivity index (χ3n) is 1.62. The molecular weight excluding hydrogens is 215 g/mol. The number of allylic oxidation sites excluding steroid dienone is 1. The average molecular weight is 226 g/mol. The van der Waals surface area contributed by atoms with Gasteiger partial charge in [-0.25, -0.2) is 0 Å². The predicted molar refractivity (Wildman–Crippen MR) is 57.4 cm³/mol. The van der Waals surface area contributed by atoms with Crippen LogP contribution in [-0.2, 0) is 9.36 Å². The van der Waals surface area contributed by atoms with E-state index >= 15 is 0 Å².